The molecule has 27 heavy (non-hydrogen) atoms. The van der Waals surface area contributed by atoms with Gasteiger partial charge in [0.25, 0.3) is 0 Å². The summed E-state index contributed by atoms with van der Waals surface area (Å²) in [5, 5.41) is 5.27. The fourth-order valence-electron chi connectivity index (χ4n) is 4.27. The molecule has 1 aliphatic rings. The molecule has 0 radical (unpaired) electrons. The fraction of sp³-hybridized carbons (Fsp3) is 0.381. The van der Waals surface area contributed by atoms with Crippen molar-refractivity contribution in [1.82, 2.24) is 0 Å². The second-order valence-electron chi connectivity index (χ2n) is 7.56. The molecule has 0 saturated heterocycles. The zero-order valence-corrected chi connectivity index (χ0v) is 17.3. The van der Waals surface area contributed by atoms with Crippen molar-refractivity contribution in [2.75, 3.05) is 4.90 Å². The Bertz CT molecular complexity index is 1040. The van der Waals surface area contributed by atoms with Crippen molar-refractivity contribution in [3.8, 4) is 0 Å². The molecule has 0 aliphatic carbocycles. The van der Waals surface area contributed by atoms with Gasteiger partial charge in [-0.25, -0.2) is 13.6 Å². The number of hydrogen-bond donors (Lipinski definition) is 1. The quantitative estimate of drug-likeness (QED) is 0.817. The van der Waals surface area contributed by atoms with E-state index in [2.05, 4.69) is 24.8 Å². The summed E-state index contributed by atoms with van der Waals surface area (Å²) >= 11 is 0. The van der Waals surface area contributed by atoms with E-state index in [1.54, 1.807) is 19.1 Å². The molecule has 2 N–H and O–H groups in total. The lowest BCUT2D eigenvalue weighted by Crippen LogP contribution is -2.29. The van der Waals surface area contributed by atoms with Gasteiger partial charge in [0.2, 0.25) is 10.0 Å². The molecule has 0 spiro atoms. The number of sulfonamides is 1. The third kappa shape index (κ3) is 3.51. The molecule has 1 aliphatic heterocycles. The predicted molar refractivity (Wildman–Crippen MR) is 108 cm³/mol. The number of anilines is 1. The van der Waals surface area contributed by atoms with Crippen molar-refractivity contribution in [3.05, 3.63) is 57.6 Å². The highest BCUT2D eigenvalue weighted by molar-refractivity contribution is 7.89. The number of Topliss-reactive ketones (excluding diaryl/α,β-unsaturated/α-hetero) is 1. The van der Waals surface area contributed by atoms with Gasteiger partial charge in [0.05, 0.1) is 4.90 Å². The Balaban J connectivity index is 2.04. The Hall–Kier alpha value is -2.18. The van der Waals surface area contributed by atoms with Crippen LogP contribution < -0.4 is 10.0 Å². The molecular weight excluding hydrogens is 360 g/mol. The maximum atomic E-state index is 12.1. The Morgan fingerprint density at radius 3 is 2.44 bits per heavy atom. The minimum atomic E-state index is -3.71. The van der Waals surface area contributed by atoms with Gasteiger partial charge in [0.15, 0.2) is 5.78 Å². The van der Waals surface area contributed by atoms with Crippen LogP contribution in [0.1, 0.15) is 52.0 Å². The van der Waals surface area contributed by atoms with Crippen LogP contribution in [0.3, 0.4) is 0 Å². The Kier molecular flexibility index (Phi) is 4.91. The largest absolute Gasteiger partial charge is 0.364 e. The lowest BCUT2D eigenvalue weighted by molar-refractivity contribution is 0.101. The van der Waals surface area contributed by atoms with Gasteiger partial charge in [-0.05, 0) is 87.1 Å². The summed E-state index contributed by atoms with van der Waals surface area (Å²) in [5.74, 6) is 0.0823. The van der Waals surface area contributed by atoms with Crippen molar-refractivity contribution in [2.24, 2.45) is 5.14 Å². The second-order valence-corrected chi connectivity index (χ2v) is 9.12. The maximum Gasteiger partial charge on any atom is 0.238 e. The molecule has 2 aromatic rings. The van der Waals surface area contributed by atoms with Crippen LogP contribution in [0.25, 0.3) is 0 Å². The van der Waals surface area contributed by atoms with Gasteiger partial charge in [0, 0.05) is 23.8 Å². The molecule has 0 fully saturated rings. The Morgan fingerprint density at radius 2 is 1.85 bits per heavy atom. The minimum absolute atomic E-state index is 0.0823. The summed E-state index contributed by atoms with van der Waals surface area (Å²) in [6, 6.07) is 7.39. The summed E-state index contributed by atoms with van der Waals surface area (Å²) in [7, 11) is -3.71. The van der Waals surface area contributed by atoms with Crippen LogP contribution in [-0.2, 0) is 23.0 Å². The summed E-state index contributed by atoms with van der Waals surface area (Å²) in [6.07, 6.45) is 0.766. The molecule has 0 bridgehead atoms. The fourth-order valence-corrected chi connectivity index (χ4v) is 4.84. The number of nitrogens with zero attached hydrogens (tertiary/aromatic N) is 1. The first-order valence-corrected chi connectivity index (χ1v) is 10.6. The van der Waals surface area contributed by atoms with E-state index in [-0.39, 0.29) is 16.7 Å². The number of hydrogen-bond acceptors (Lipinski definition) is 4. The highest BCUT2D eigenvalue weighted by Crippen LogP contribution is 2.36. The monoisotopic (exact) mass is 386 g/mol. The molecule has 0 aromatic heterocycles. The molecule has 144 valence electrons. The molecule has 5 nitrogen and oxygen atoms in total. The SMILES string of the molecule is CC(=O)c1c(C)cc(C)c(CN2c3ccc(S(N)(=O)=O)cc3C[C@@H]2C)c1C. The van der Waals surface area contributed by atoms with Crippen LogP contribution in [0.5, 0.6) is 0 Å². The zero-order valence-electron chi connectivity index (χ0n) is 16.5. The average molecular weight is 387 g/mol. The number of carbonyl (C=O) groups is 1. The van der Waals surface area contributed by atoms with Crippen LogP contribution in [0.2, 0.25) is 0 Å². The van der Waals surface area contributed by atoms with Gasteiger partial charge < -0.3 is 4.90 Å². The lowest BCUT2D eigenvalue weighted by atomic mass is 9.91. The van der Waals surface area contributed by atoms with Gasteiger partial charge in [0.1, 0.15) is 0 Å². The van der Waals surface area contributed by atoms with Gasteiger partial charge in [-0.3, -0.25) is 4.79 Å². The summed E-state index contributed by atoms with van der Waals surface area (Å²) in [4.78, 5) is 14.5. The van der Waals surface area contributed by atoms with Crippen LogP contribution in [-0.4, -0.2) is 20.2 Å². The number of rotatable bonds is 4. The third-order valence-electron chi connectivity index (χ3n) is 5.55. The van der Waals surface area contributed by atoms with Gasteiger partial charge in [-0.15, -0.1) is 0 Å². The first-order valence-electron chi connectivity index (χ1n) is 9.03. The van der Waals surface area contributed by atoms with E-state index in [0.717, 1.165) is 45.5 Å². The summed E-state index contributed by atoms with van der Waals surface area (Å²) < 4.78 is 23.3. The van der Waals surface area contributed by atoms with Crippen molar-refractivity contribution >= 4 is 21.5 Å². The van der Waals surface area contributed by atoms with E-state index in [1.165, 1.54) is 0 Å². The topological polar surface area (TPSA) is 80.5 Å². The van der Waals surface area contributed by atoms with Crippen LogP contribution >= 0.6 is 0 Å². The smallest absolute Gasteiger partial charge is 0.238 e. The van der Waals surface area contributed by atoms with E-state index in [4.69, 9.17) is 5.14 Å². The molecule has 2 aromatic carbocycles. The second kappa shape index (κ2) is 6.77. The third-order valence-corrected chi connectivity index (χ3v) is 6.46. The molecule has 6 heteroatoms. The van der Waals surface area contributed by atoms with E-state index < -0.39 is 10.0 Å². The number of ketones is 1. The maximum absolute atomic E-state index is 12.1. The number of aryl methyl sites for hydroxylation is 2. The molecule has 3 rings (SSSR count). The van der Waals surface area contributed by atoms with Gasteiger partial charge >= 0.3 is 0 Å². The summed E-state index contributed by atoms with van der Waals surface area (Å²) in [5.41, 5.74) is 7.17. The standard InChI is InChI=1S/C21H26N2O3S/c1-12-8-13(2)21(16(5)24)15(4)19(12)11-23-14(3)9-17-10-18(27(22,25)26)6-7-20(17)23/h6-8,10,14H,9,11H2,1-5H3,(H2,22,25,26)/t14-/m0/s1. The minimum Gasteiger partial charge on any atom is -0.364 e. The van der Waals surface area contributed by atoms with E-state index in [1.807, 2.05) is 19.9 Å². The highest BCUT2D eigenvalue weighted by Gasteiger charge is 2.28. The van der Waals surface area contributed by atoms with Crippen molar-refractivity contribution in [1.29, 1.82) is 0 Å². The number of nitrogens with two attached hydrogens (primary N) is 1. The van der Waals surface area contributed by atoms with E-state index in [0.29, 0.717) is 6.54 Å². The van der Waals surface area contributed by atoms with Crippen molar-refractivity contribution < 1.29 is 13.2 Å². The van der Waals surface area contributed by atoms with Crippen molar-refractivity contribution in [3.63, 3.8) is 0 Å². The predicted octanol–water partition coefficient (Wildman–Crippen LogP) is 3.41. The lowest BCUT2D eigenvalue weighted by Gasteiger charge is -2.28. The molecule has 0 saturated carbocycles. The van der Waals surface area contributed by atoms with Crippen LogP contribution in [0.4, 0.5) is 5.69 Å². The van der Waals surface area contributed by atoms with Crippen LogP contribution in [0, 0.1) is 20.8 Å². The number of primary sulfonamides is 1. The number of fused-ring (bicyclic) bond motifs is 1. The van der Waals surface area contributed by atoms with E-state index in [9.17, 15) is 13.2 Å². The molecular formula is C21H26N2O3S. The zero-order chi connectivity index (χ0) is 20.1. The van der Waals surface area contributed by atoms with Gasteiger partial charge in [-0.2, -0.15) is 0 Å². The number of carbonyl (C=O) groups excluding carboxylic acids is 1. The molecule has 0 amide bonds. The average Bonchev–Trinajstić information content (AvgIpc) is 2.84. The highest BCUT2D eigenvalue weighted by atomic mass is 32.2. The van der Waals surface area contributed by atoms with Crippen molar-refractivity contribution in [2.45, 2.75) is 58.5 Å². The Labute approximate surface area is 161 Å². The van der Waals surface area contributed by atoms with Crippen LogP contribution in [0.15, 0.2) is 29.2 Å². The first-order chi connectivity index (χ1) is 12.5. The number of benzene rings is 2. The Morgan fingerprint density at radius 1 is 1.19 bits per heavy atom. The van der Waals surface area contributed by atoms with E-state index >= 15 is 0 Å². The molecule has 1 heterocycles. The van der Waals surface area contributed by atoms with Gasteiger partial charge in [-0.1, -0.05) is 6.07 Å². The molecule has 0 unspecified atom stereocenters. The molecule has 1 atom stereocenters. The summed E-state index contributed by atoms with van der Waals surface area (Å²) in [6.45, 7) is 10.5. The first kappa shape index (κ1) is 19.6. The normalized spacial score (nSPS) is 16.5.